The lowest BCUT2D eigenvalue weighted by molar-refractivity contribution is 0.504. The molecule has 6 heteroatoms. The van der Waals surface area contributed by atoms with Gasteiger partial charge in [-0.05, 0) is 18.2 Å². The molecule has 1 aromatic heterocycles. The Morgan fingerprint density at radius 2 is 1.84 bits per heavy atom. The van der Waals surface area contributed by atoms with E-state index in [9.17, 15) is 0 Å². The van der Waals surface area contributed by atoms with Gasteiger partial charge in [-0.15, -0.1) is 0 Å². The Hall–Kier alpha value is -1.49. The van der Waals surface area contributed by atoms with Crippen LogP contribution in [-0.4, -0.2) is 4.37 Å². The third-order valence-electron chi connectivity index (χ3n) is 2.61. The second-order valence-corrected chi connectivity index (χ2v) is 5.44. The van der Waals surface area contributed by atoms with Crippen LogP contribution in [0.3, 0.4) is 0 Å². The van der Waals surface area contributed by atoms with Gasteiger partial charge in [-0.25, -0.2) is 0 Å². The van der Waals surface area contributed by atoms with Crippen LogP contribution in [0.2, 0.25) is 10.0 Å². The highest BCUT2D eigenvalue weighted by atomic mass is 35.5. The highest BCUT2D eigenvalue weighted by molar-refractivity contribution is 7.09. The summed E-state index contributed by atoms with van der Waals surface area (Å²) in [5.41, 5.74) is 7.19. The summed E-state index contributed by atoms with van der Waals surface area (Å²) in [5, 5.41) is 2.43. The molecule has 0 aliphatic heterocycles. The number of rotatable bonds is 2. The third kappa shape index (κ3) is 2.34. The number of ether oxygens (including phenoxy) is 1. The topological polar surface area (TPSA) is 48.1 Å². The fraction of sp³-hybridized carbons (Fsp3) is 0. The maximum absolute atomic E-state index is 5.96. The fourth-order valence-electron chi connectivity index (χ4n) is 1.67. The van der Waals surface area contributed by atoms with Crippen molar-refractivity contribution in [2.75, 3.05) is 5.73 Å². The number of anilines is 1. The van der Waals surface area contributed by atoms with E-state index in [1.165, 1.54) is 11.5 Å². The molecule has 0 amide bonds. The van der Waals surface area contributed by atoms with Crippen molar-refractivity contribution < 1.29 is 4.74 Å². The summed E-state index contributed by atoms with van der Waals surface area (Å²) in [6, 6.07) is 10.9. The number of nitrogen functional groups attached to an aromatic ring is 1. The molecule has 0 aliphatic rings. The first-order chi connectivity index (χ1) is 9.15. The molecule has 96 valence electrons. The van der Waals surface area contributed by atoms with Crippen molar-refractivity contribution >= 4 is 51.3 Å². The summed E-state index contributed by atoms with van der Waals surface area (Å²) in [7, 11) is 0. The van der Waals surface area contributed by atoms with Crippen LogP contribution in [0.15, 0.2) is 36.4 Å². The molecule has 0 saturated heterocycles. The van der Waals surface area contributed by atoms with Crippen molar-refractivity contribution in [1.82, 2.24) is 4.37 Å². The molecule has 0 spiro atoms. The molecular weight excluding hydrogens is 303 g/mol. The second-order valence-electron chi connectivity index (χ2n) is 3.89. The van der Waals surface area contributed by atoms with Gasteiger partial charge in [0.1, 0.15) is 0 Å². The zero-order valence-corrected chi connectivity index (χ0v) is 11.9. The third-order valence-corrected chi connectivity index (χ3v) is 4.09. The Bertz CT molecular complexity index is 757. The number of aromatic nitrogens is 1. The summed E-state index contributed by atoms with van der Waals surface area (Å²) in [4.78, 5) is 0. The van der Waals surface area contributed by atoms with E-state index in [0.29, 0.717) is 26.5 Å². The van der Waals surface area contributed by atoms with Crippen molar-refractivity contribution in [2.45, 2.75) is 0 Å². The van der Waals surface area contributed by atoms with Gasteiger partial charge in [0.2, 0.25) is 5.06 Å². The van der Waals surface area contributed by atoms with Crippen LogP contribution in [-0.2, 0) is 0 Å². The number of fused-ring (bicyclic) bond motifs is 1. The number of halogens is 2. The highest BCUT2D eigenvalue weighted by Crippen LogP contribution is 2.39. The average Bonchev–Trinajstić information content (AvgIpc) is 2.80. The van der Waals surface area contributed by atoms with E-state index in [1.807, 2.05) is 24.3 Å². The molecule has 3 nitrogen and oxygen atoms in total. The predicted octanol–water partition coefficient (Wildman–Crippen LogP) is 4.98. The molecule has 19 heavy (non-hydrogen) atoms. The number of hydrogen-bond acceptors (Lipinski definition) is 4. The average molecular weight is 311 g/mol. The number of nitrogens with zero attached hydrogens (tertiary/aromatic N) is 1. The number of hydrogen-bond donors (Lipinski definition) is 1. The van der Waals surface area contributed by atoms with Crippen LogP contribution in [0.5, 0.6) is 10.8 Å². The van der Waals surface area contributed by atoms with Gasteiger partial charge in [0, 0.05) is 17.6 Å². The second kappa shape index (κ2) is 4.89. The van der Waals surface area contributed by atoms with Gasteiger partial charge in [-0.2, -0.15) is 4.37 Å². The zero-order valence-electron chi connectivity index (χ0n) is 9.56. The van der Waals surface area contributed by atoms with Gasteiger partial charge in [0.25, 0.3) is 0 Å². The Balaban J connectivity index is 2.04. The van der Waals surface area contributed by atoms with E-state index < -0.39 is 0 Å². The molecule has 0 fully saturated rings. The lowest BCUT2D eigenvalue weighted by Gasteiger charge is -2.08. The van der Waals surface area contributed by atoms with Crippen molar-refractivity contribution in [2.24, 2.45) is 0 Å². The minimum absolute atomic E-state index is 0.402. The zero-order chi connectivity index (χ0) is 13.4. The van der Waals surface area contributed by atoms with E-state index in [4.69, 9.17) is 33.7 Å². The maximum atomic E-state index is 5.96. The molecule has 0 aliphatic carbocycles. The first kappa shape index (κ1) is 12.5. The molecule has 2 N–H and O–H groups in total. The minimum Gasteiger partial charge on any atom is -0.442 e. The molecule has 0 saturated carbocycles. The molecule has 0 unspecified atom stereocenters. The van der Waals surface area contributed by atoms with Crippen molar-refractivity contribution in [3.63, 3.8) is 0 Å². The van der Waals surface area contributed by atoms with E-state index in [-0.39, 0.29) is 0 Å². The predicted molar refractivity (Wildman–Crippen MR) is 80.6 cm³/mol. The van der Waals surface area contributed by atoms with E-state index in [1.54, 1.807) is 12.1 Å². The molecule has 1 heterocycles. The molecular formula is C13H8Cl2N2OS. The van der Waals surface area contributed by atoms with Gasteiger partial charge in [0.15, 0.2) is 5.75 Å². The summed E-state index contributed by atoms with van der Waals surface area (Å²) < 4.78 is 10.1. The fourth-order valence-corrected chi connectivity index (χ4v) is 2.74. The minimum atomic E-state index is 0.402. The van der Waals surface area contributed by atoms with Crippen LogP contribution >= 0.6 is 34.7 Å². The Morgan fingerprint density at radius 3 is 2.68 bits per heavy atom. The number of benzene rings is 2. The monoisotopic (exact) mass is 310 g/mol. The highest BCUT2D eigenvalue weighted by Gasteiger charge is 2.11. The Kier molecular flexibility index (Phi) is 3.22. The largest absolute Gasteiger partial charge is 0.442 e. The van der Waals surface area contributed by atoms with Crippen LogP contribution in [0.1, 0.15) is 0 Å². The quantitative estimate of drug-likeness (QED) is 0.679. The Morgan fingerprint density at radius 1 is 1.11 bits per heavy atom. The number of nitrogens with two attached hydrogens (primary N) is 1. The Labute approximate surface area is 123 Å². The van der Waals surface area contributed by atoms with Gasteiger partial charge >= 0.3 is 0 Å². The molecule has 0 atom stereocenters. The summed E-state index contributed by atoms with van der Waals surface area (Å²) in [5.74, 6) is 0.476. The van der Waals surface area contributed by atoms with Gasteiger partial charge < -0.3 is 10.5 Å². The standard InChI is InChI=1S/C13H8Cl2N2OS/c14-8-5-10(16)12(6-9(8)15)18-13-7-3-1-2-4-11(7)17-19-13/h1-6H,16H2. The van der Waals surface area contributed by atoms with Crippen LogP contribution in [0, 0.1) is 0 Å². The summed E-state index contributed by atoms with van der Waals surface area (Å²) in [6.07, 6.45) is 0. The lowest BCUT2D eigenvalue weighted by Crippen LogP contribution is -1.91. The summed E-state index contributed by atoms with van der Waals surface area (Å²) in [6.45, 7) is 0. The van der Waals surface area contributed by atoms with Gasteiger partial charge in [-0.3, -0.25) is 0 Å². The van der Waals surface area contributed by atoms with E-state index >= 15 is 0 Å². The molecule has 3 aromatic rings. The normalized spacial score (nSPS) is 10.8. The van der Waals surface area contributed by atoms with Crippen LogP contribution < -0.4 is 10.5 Å². The summed E-state index contributed by atoms with van der Waals surface area (Å²) >= 11 is 13.1. The van der Waals surface area contributed by atoms with Crippen molar-refractivity contribution in [3.05, 3.63) is 46.4 Å². The van der Waals surface area contributed by atoms with E-state index in [2.05, 4.69) is 4.37 Å². The maximum Gasteiger partial charge on any atom is 0.208 e. The van der Waals surface area contributed by atoms with Crippen LogP contribution in [0.25, 0.3) is 10.9 Å². The van der Waals surface area contributed by atoms with Gasteiger partial charge in [-0.1, -0.05) is 35.3 Å². The van der Waals surface area contributed by atoms with Crippen LogP contribution in [0.4, 0.5) is 5.69 Å². The first-order valence-electron chi connectivity index (χ1n) is 5.42. The van der Waals surface area contributed by atoms with E-state index in [0.717, 1.165) is 10.9 Å². The lowest BCUT2D eigenvalue weighted by atomic mass is 10.2. The molecule has 0 radical (unpaired) electrons. The van der Waals surface area contributed by atoms with Gasteiger partial charge in [0.05, 0.1) is 26.6 Å². The van der Waals surface area contributed by atoms with Crippen molar-refractivity contribution in [1.29, 1.82) is 0 Å². The van der Waals surface area contributed by atoms with Crippen molar-refractivity contribution in [3.8, 4) is 10.8 Å². The SMILES string of the molecule is Nc1cc(Cl)c(Cl)cc1Oc1snc2ccccc12. The molecule has 2 aromatic carbocycles. The first-order valence-corrected chi connectivity index (χ1v) is 6.95. The molecule has 0 bridgehead atoms. The smallest absolute Gasteiger partial charge is 0.208 e. The molecule has 3 rings (SSSR count).